The minimum Gasteiger partial charge on any atom is -0.491 e. The normalized spacial score (nSPS) is 14.1. The van der Waals surface area contributed by atoms with Crippen LogP contribution in [0, 0.1) is 5.82 Å². The van der Waals surface area contributed by atoms with Gasteiger partial charge in [-0.05, 0) is 44.5 Å². The van der Waals surface area contributed by atoms with Crippen molar-refractivity contribution in [2.24, 2.45) is 0 Å². The fourth-order valence-electron chi connectivity index (χ4n) is 1.99. The molecule has 1 atom stereocenters. The zero-order valence-electron chi connectivity index (χ0n) is 11.8. The molecule has 0 bridgehead atoms. The monoisotopic (exact) mass is 275 g/mol. The summed E-state index contributed by atoms with van der Waals surface area (Å²) in [5.74, 6) is 0.194. The molecule has 4 heteroatoms. The Hall–Kier alpha value is -1.94. The second-order valence-electron chi connectivity index (χ2n) is 5.16. The van der Waals surface area contributed by atoms with E-state index < -0.39 is 11.4 Å². The molecule has 1 aromatic carbocycles. The predicted octanol–water partition coefficient (Wildman–Crippen LogP) is 3.26. The molecule has 3 nitrogen and oxygen atoms in total. The van der Waals surface area contributed by atoms with E-state index in [1.165, 1.54) is 12.3 Å². The molecule has 0 fully saturated rings. The lowest BCUT2D eigenvalue weighted by molar-refractivity contribution is 0.101. The molecule has 0 amide bonds. The third-order valence-electron chi connectivity index (χ3n) is 3.03. The van der Waals surface area contributed by atoms with E-state index in [-0.39, 0.29) is 6.10 Å². The molecule has 2 rings (SSSR count). The molecule has 2 aromatic rings. The van der Waals surface area contributed by atoms with E-state index >= 15 is 0 Å². The maximum atomic E-state index is 13.3. The second-order valence-corrected chi connectivity index (χ2v) is 5.16. The molecule has 1 heterocycles. The molecule has 1 N–H and O–H groups in total. The summed E-state index contributed by atoms with van der Waals surface area (Å²) < 4.78 is 18.9. The molecule has 0 spiro atoms. The van der Waals surface area contributed by atoms with Crippen molar-refractivity contribution in [3.8, 4) is 5.75 Å². The molecular weight excluding hydrogens is 257 g/mol. The highest BCUT2D eigenvalue weighted by Gasteiger charge is 2.27. The molecule has 0 aliphatic rings. The largest absolute Gasteiger partial charge is 0.491 e. The summed E-state index contributed by atoms with van der Waals surface area (Å²) in [5, 5.41) is 10.7. The average Bonchev–Trinajstić information content (AvgIpc) is 2.38. The van der Waals surface area contributed by atoms with E-state index in [1.807, 2.05) is 19.9 Å². The number of nitrogens with zero attached hydrogens (tertiary/aromatic N) is 1. The highest BCUT2D eigenvalue weighted by Crippen LogP contribution is 2.31. The van der Waals surface area contributed by atoms with E-state index in [0.717, 1.165) is 6.20 Å². The topological polar surface area (TPSA) is 42.4 Å². The third kappa shape index (κ3) is 3.14. The van der Waals surface area contributed by atoms with Crippen molar-refractivity contribution in [2.75, 3.05) is 0 Å². The summed E-state index contributed by atoms with van der Waals surface area (Å²) in [4.78, 5) is 3.78. The molecule has 106 valence electrons. The minimum atomic E-state index is -1.33. The van der Waals surface area contributed by atoms with Crippen molar-refractivity contribution in [2.45, 2.75) is 32.5 Å². The van der Waals surface area contributed by atoms with Crippen molar-refractivity contribution in [1.29, 1.82) is 0 Å². The predicted molar refractivity (Wildman–Crippen MR) is 75.1 cm³/mol. The van der Waals surface area contributed by atoms with Gasteiger partial charge >= 0.3 is 0 Å². The van der Waals surface area contributed by atoms with Crippen LogP contribution in [0.5, 0.6) is 5.75 Å². The zero-order chi connectivity index (χ0) is 14.8. The van der Waals surface area contributed by atoms with E-state index in [0.29, 0.717) is 16.9 Å². The lowest BCUT2D eigenvalue weighted by Gasteiger charge is -2.25. The molecule has 1 aromatic heterocycles. The van der Waals surface area contributed by atoms with Crippen LogP contribution in [-0.4, -0.2) is 16.2 Å². The first-order valence-electron chi connectivity index (χ1n) is 6.50. The molecular formula is C16H18FNO2. The third-order valence-corrected chi connectivity index (χ3v) is 3.03. The van der Waals surface area contributed by atoms with E-state index in [4.69, 9.17) is 4.74 Å². The molecule has 0 saturated carbocycles. The fraction of sp³-hybridized carbons (Fsp3) is 0.312. The minimum absolute atomic E-state index is 0.0473. The molecule has 0 radical (unpaired) electrons. The Bertz CT molecular complexity index is 597. The zero-order valence-corrected chi connectivity index (χ0v) is 11.8. The molecule has 1 unspecified atom stereocenters. The molecule has 0 saturated heterocycles. The van der Waals surface area contributed by atoms with E-state index in [9.17, 15) is 9.50 Å². The van der Waals surface area contributed by atoms with E-state index in [2.05, 4.69) is 4.98 Å². The Labute approximate surface area is 118 Å². The van der Waals surface area contributed by atoms with Crippen LogP contribution in [0.3, 0.4) is 0 Å². The van der Waals surface area contributed by atoms with Gasteiger partial charge in [0.1, 0.15) is 17.2 Å². The van der Waals surface area contributed by atoms with Crippen LogP contribution < -0.4 is 4.74 Å². The van der Waals surface area contributed by atoms with Gasteiger partial charge in [0.25, 0.3) is 0 Å². The van der Waals surface area contributed by atoms with Crippen LogP contribution in [0.15, 0.2) is 42.7 Å². The van der Waals surface area contributed by atoms with Crippen LogP contribution in [0.2, 0.25) is 0 Å². The van der Waals surface area contributed by atoms with Gasteiger partial charge in [-0.25, -0.2) is 4.39 Å². The van der Waals surface area contributed by atoms with Crippen LogP contribution >= 0.6 is 0 Å². The van der Waals surface area contributed by atoms with Crippen molar-refractivity contribution < 1.29 is 14.2 Å². The van der Waals surface area contributed by atoms with Crippen molar-refractivity contribution in [3.05, 3.63) is 59.7 Å². The summed E-state index contributed by atoms with van der Waals surface area (Å²) in [7, 11) is 0. The Morgan fingerprint density at radius 3 is 2.60 bits per heavy atom. The molecule has 0 aliphatic heterocycles. The van der Waals surface area contributed by atoms with Gasteiger partial charge in [0.05, 0.1) is 12.3 Å². The number of aromatic nitrogens is 1. The molecule has 20 heavy (non-hydrogen) atoms. The first-order chi connectivity index (χ1) is 9.39. The van der Waals surface area contributed by atoms with Crippen LogP contribution in [0.4, 0.5) is 4.39 Å². The number of aliphatic hydroxyl groups is 1. The standard InChI is InChI=1S/C16H18FNO2/c1-11(2)20-15-6-4-5-12(8-15)16(3,19)13-7-14(17)10-18-9-13/h4-11,19H,1-3H3. The van der Waals surface area contributed by atoms with Crippen molar-refractivity contribution >= 4 is 0 Å². The van der Waals surface area contributed by atoms with Gasteiger partial charge in [0, 0.05) is 11.8 Å². The quantitative estimate of drug-likeness (QED) is 0.931. The number of rotatable bonds is 4. The van der Waals surface area contributed by atoms with Gasteiger partial charge in [0.15, 0.2) is 0 Å². The lowest BCUT2D eigenvalue weighted by Crippen LogP contribution is -2.23. The number of hydrogen-bond acceptors (Lipinski definition) is 3. The number of pyridine rings is 1. The van der Waals surface area contributed by atoms with Gasteiger partial charge in [-0.2, -0.15) is 0 Å². The SMILES string of the molecule is CC(C)Oc1cccc(C(C)(O)c2cncc(F)c2)c1. The Morgan fingerprint density at radius 2 is 1.95 bits per heavy atom. The van der Waals surface area contributed by atoms with Gasteiger partial charge < -0.3 is 9.84 Å². The summed E-state index contributed by atoms with van der Waals surface area (Å²) in [6.45, 7) is 5.47. The van der Waals surface area contributed by atoms with Crippen LogP contribution in [0.25, 0.3) is 0 Å². The van der Waals surface area contributed by atoms with Gasteiger partial charge in [-0.15, -0.1) is 0 Å². The van der Waals surface area contributed by atoms with Gasteiger partial charge in [-0.1, -0.05) is 12.1 Å². The van der Waals surface area contributed by atoms with Crippen LogP contribution in [-0.2, 0) is 5.60 Å². The first-order valence-corrected chi connectivity index (χ1v) is 6.50. The number of ether oxygens (including phenoxy) is 1. The summed E-state index contributed by atoms with van der Waals surface area (Å²) >= 11 is 0. The number of halogens is 1. The number of hydrogen-bond donors (Lipinski definition) is 1. The maximum absolute atomic E-state index is 13.3. The highest BCUT2D eigenvalue weighted by atomic mass is 19.1. The lowest BCUT2D eigenvalue weighted by atomic mass is 9.89. The first kappa shape index (κ1) is 14.5. The summed E-state index contributed by atoms with van der Waals surface area (Å²) in [6.07, 6.45) is 2.61. The summed E-state index contributed by atoms with van der Waals surface area (Å²) in [6, 6.07) is 8.43. The number of benzene rings is 1. The Morgan fingerprint density at radius 1 is 1.20 bits per heavy atom. The maximum Gasteiger partial charge on any atom is 0.141 e. The van der Waals surface area contributed by atoms with E-state index in [1.54, 1.807) is 25.1 Å². The van der Waals surface area contributed by atoms with Crippen molar-refractivity contribution in [1.82, 2.24) is 4.98 Å². The fourth-order valence-corrected chi connectivity index (χ4v) is 1.99. The van der Waals surface area contributed by atoms with Crippen molar-refractivity contribution in [3.63, 3.8) is 0 Å². The molecule has 0 aliphatic carbocycles. The van der Waals surface area contributed by atoms with Crippen LogP contribution in [0.1, 0.15) is 31.9 Å². The summed E-state index contributed by atoms with van der Waals surface area (Å²) in [5.41, 5.74) is -0.298. The average molecular weight is 275 g/mol. The van der Waals surface area contributed by atoms with Gasteiger partial charge in [0.2, 0.25) is 0 Å². The Kier molecular flexibility index (Phi) is 4.04. The van der Waals surface area contributed by atoms with Gasteiger partial charge in [-0.3, -0.25) is 4.98 Å². The highest BCUT2D eigenvalue weighted by molar-refractivity contribution is 5.38. The second kappa shape index (κ2) is 5.59. The Balaban J connectivity index is 2.38. The smallest absolute Gasteiger partial charge is 0.141 e.